The first-order chi connectivity index (χ1) is 8.51. The highest BCUT2D eigenvalue weighted by Gasteiger charge is 2.15. The lowest BCUT2D eigenvalue weighted by molar-refractivity contribution is 0.547. The van der Waals surface area contributed by atoms with Gasteiger partial charge in [-0.1, -0.05) is 0 Å². The highest BCUT2D eigenvalue weighted by Crippen LogP contribution is 2.27. The number of nitriles is 1. The zero-order chi connectivity index (χ0) is 13.3. The Morgan fingerprint density at radius 2 is 1.78 bits per heavy atom. The van der Waals surface area contributed by atoms with E-state index in [0.29, 0.717) is 17.4 Å². The molecule has 1 N–H and O–H groups in total. The van der Waals surface area contributed by atoms with Crippen molar-refractivity contribution in [2.24, 2.45) is 0 Å². The van der Waals surface area contributed by atoms with E-state index in [1.54, 1.807) is 0 Å². The zero-order valence-corrected chi connectivity index (χ0v) is 10.8. The monoisotopic (exact) mass is 242 g/mol. The van der Waals surface area contributed by atoms with Crippen molar-refractivity contribution in [1.29, 1.82) is 5.26 Å². The topological polar surface area (TPSA) is 74.7 Å². The molecule has 18 heavy (non-hydrogen) atoms. The third kappa shape index (κ3) is 2.18. The van der Waals surface area contributed by atoms with Gasteiger partial charge in [-0.3, -0.25) is 5.32 Å². The minimum atomic E-state index is 0.400. The van der Waals surface area contributed by atoms with Crippen LogP contribution in [0.4, 0.5) is 11.8 Å². The van der Waals surface area contributed by atoms with Crippen LogP contribution in [0.1, 0.15) is 28.3 Å². The number of rotatable bonds is 2. The summed E-state index contributed by atoms with van der Waals surface area (Å²) in [6.45, 7) is 7.46. The maximum Gasteiger partial charge on any atom is 0.230 e. The van der Waals surface area contributed by atoms with E-state index in [2.05, 4.69) is 21.4 Å². The van der Waals surface area contributed by atoms with Crippen LogP contribution in [0.25, 0.3) is 0 Å². The Morgan fingerprint density at radius 1 is 1.17 bits per heavy atom. The summed E-state index contributed by atoms with van der Waals surface area (Å²) in [5.74, 6) is 1.56. The predicted molar refractivity (Wildman–Crippen MR) is 67.7 cm³/mol. The van der Waals surface area contributed by atoms with E-state index < -0.39 is 0 Å². The Hall–Kier alpha value is -2.35. The molecule has 0 bridgehead atoms. The molecule has 0 saturated carbocycles. The first-order valence-corrected chi connectivity index (χ1v) is 5.60. The molecule has 0 aromatic carbocycles. The Balaban J connectivity index is 2.40. The van der Waals surface area contributed by atoms with E-state index in [-0.39, 0.29) is 0 Å². The zero-order valence-electron chi connectivity index (χ0n) is 10.8. The number of anilines is 2. The Morgan fingerprint density at radius 3 is 2.33 bits per heavy atom. The summed E-state index contributed by atoms with van der Waals surface area (Å²) in [5, 5.41) is 12.1. The summed E-state index contributed by atoms with van der Waals surface area (Å²) in [5.41, 5.74) is 3.06. The second kappa shape index (κ2) is 4.49. The molecule has 2 rings (SSSR count). The molecule has 0 aliphatic heterocycles. The highest BCUT2D eigenvalue weighted by atomic mass is 16.4. The molecule has 0 atom stereocenters. The van der Waals surface area contributed by atoms with Crippen LogP contribution in [0.3, 0.4) is 0 Å². The van der Waals surface area contributed by atoms with Gasteiger partial charge in [-0.2, -0.15) is 5.26 Å². The lowest BCUT2D eigenvalue weighted by Crippen LogP contribution is -2.00. The smallest absolute Gasteiger partial charge is 0.230 e. The van der Waals surface area contributed by atoms with Crippen molar-refractivity contribution in [1.82, 2.24) is 9.97 Å². The molecule has 0 radical (unpaired) electrons. The molecular weight excluding hydrogens is 228 g/mol. The number of hydrogen-bond acceptors (Lipinski definition) is 5. The van der Waals surface area contributed by atoms with Gasteiger partial charge in [0.25, 0.3) is 0 Å². The van der Waals surface area contributed by atoms with Gasteiger partial charge in [0.05, 0.1) is 0 Å². The van der Waals surface area contributed by atoms with Gasteiger partial charge in [0.2, 0.25) is 11.8 Å². The molecule has 0 spiro atoms. The van der Waals surface area contributed by atoms with Crippen molar-refractivity contribution in [3.63, 3.8) is 0 Å². The molecule has 0 aliphatic carbocycles. The van der Waals surface area contributed by atoms with E-state index in [1.807, 2.05) is 33.8 Å². The summed E-state index contributed by atoms with van der Waals surface area (Å²) in [6.07, 6.45) is 0. The van der Waals surface area contributed by atoms with Gasteiger partial charge >= 0.3 is 0 Å². The summed E-state index contributed by atoms with van der Waals surface area (Å²) < 4.78 is 5.51. The number of hydrogen-bond donors (Lipinski definition) is 1. The van der Waals surface area contributed by atoms with Gasteiger partial charge in [0.1, 0.15) is 17.4 Å². The number of nitrogens with zero attached hydrogens (tertiary/aromatic N) is 3. The molecule has 2 aromatic rings. The van der Waals surface area contributed by atoms with Gasteiger partial charge in [-0.25, -0.2) is 9.97 Å². The van der Waals surface area contributed by atoms with E-state index >= 15 is 0 Å². The maximum absolute atomic E-state index is 9.11. The summed E-state index contributed by atoms with van der Waals surface area (Å²) in [6, 6.07) is 4.01. The predicted octanol–water partition coefficient (Wildman–Crippen LogP) is 2.92. The van der Waals surface area contributed by atoms with Crippen molar-refractivity contribution in [3.8, 4) is 6.07 Å². The van der Waals surface area contributed by atoms with Gasteiger partial charge in [-0.05, 0) is 33.8 Å². The molecule has 0 fully saturated rings. The van der Waals surface area contributed by atoms with E-state index in [4.69, 9.17) is 9.68 Å². The second-order valence-electron chi connectivity index (χ2n) is 4.20. The first-order valence-electron chi connectivity index (χ1n) is 5.60. The van der Waals surface area contributed by atoms with Crippen molar-refractivity contribution < 1.29 is 4.42 Å². The summed E-state index contributed by atoms with van der Waals surface area (Å²) in [4.78, 5) is 8.50. The Kier molecular flexibility index (Phi) is 3.02. The van der Waals surface area contributed by atoms with Crippen LogP contribution in [0, 0.1) is 39.0 Å². The van der Waals surface area contributed by atoms with Gasteiger partial charge in [-0.15, -0.1) is 0 Å². The molecule has 5 nitrogen and oxygen atoms in total. The minimum Gasteiger partial charge on any atom is -0.444 e. The van der Waals surface area contributed by atoms with Crippen LogP contribution < -0.4 is 5.32 Å². The number of nitrogens with one attached hydrogen (secondary N) is 1. The second-order valence-corrected chi connectivity index (χ2v) is 4.20. The lowest BCUT2D eigenvalue weighted by atomic mass is 10.2. The number of aryl methyl sites for hydroxylation is 3. The molecule has 2 heterocycles. The highest BCUT2D eigenvalue weighted by molar-refractivity contribution is 5.60. The minimum absolute atomic E-state index is 0.400. The fourth-order valence-electron chi connectivity index (χ4n) is 1.73. The molecule has 2 aromatic heterocycles. The van der Waals surface area contributed by atoms with E-state index in [9.17, 15) is 0 Å². The summed E-state index contributed by atoms with van der Waals surface area (Å²) >= 11 is 0. The third-order valence-corrected chi connectivity index (χ3v) is 2.70. The quantitative estimate of drug-likeness (QED) is 0.876. The van der Waals surface area contributed by atoms with E-state index in [1.165, 1.54) is 0 Å². The first kappa shape index (κ1) is 12.1. The Labute approximate surface area is 105 Å². The SMILES string of the molecule is Cc1cc(C)nc(Nc2oc(C)c(C)c2C#N)n1. The number of furan rings is 1. The van der Waals surface area contributed by atoms with Crippen LogP contribution in [-0.2, 0) is 0 Å². The molecule has 92 valence electrons. The van der Waals surface area contributed by atoms with Crippen molar-refractivity contribution in [2.75, 3.05) is 5.32 Å². The lowest BCUT2D eigenvalue weighted by Gasteiger charge is -2.04. The van der Waals surface area contributed by atoms with Crippen LogP contribution in [0.2, 0.25) is 0 Å². The molecule has 0 amide bonds. The van der Waals surface area contributed by atoms with E-state index in [0.717, 1.165) is 22.7 Å². The van der Waals surface area contributed by atoms with Crippen LogP contribution >= 0.6 is 0 Å². The number of aromatic nitrogens is 2. The van der Waals surface area contributed by atoms with Crippen LogP contribution in [0.15, 0.2) is 10.5 Å². The molecular formula is C13H14N4O. The molecule has 0 unspecified atom stereocenters. The summed E-state index contributed by atoms with van der Waals surface area (Å²) in [7, 11) is 0. The van der Waals surface area contributed by atoms with Crippen molar-refractivity contribution in [3.05, 3.63) is 34.3 Å². The molecule has 5 heteroatoms. The largest absolute Gasteiger partial charge is 0.444 e. The van der Waals surface area contributed by atoms with Gasteiger partial charge in [0.15, 0.2) is 0 Å². The van der Waals surface area contributed by atoms with Crippen molar-refractivity contribution in [2.45, 2.75) is 27.7 Å². The average Bonchev–Trinajstić information content (AvgIpc) is 2.52. The van der Waals surface area contributed by atoms with Gasteiger partial charge < -0.3 is 4.42 Å². The van der Waals surface area contributed by atoms with Crippen LogP contribution in [0.5, 0.6) is 0 Å². The fraction of sp³-hybridized carbons (Fsp3) is 0.308. The molecule has 0 aliphatic rings. The molecule has 0 saturated heterocycles. The average molecular weight is 242 g/mol. The fourth-order valence-corrected chi connectivity index (χ4v) is 1.73. The van der Waals surface area contributed by atoms with Crippen LogP contribution in [-0.4, -0.2) is 9.97 Å². The third-order valence-electron chi connectivity index (χ3n) is 2.70. The maximum atomic E-state index is 9.11. The standard InChI is InChI=1S/C13H14N4O/c1-7-5-8(2)16-13(15-7)17-12-11(6-14)9(3)10(4)18-12/h5H,1-4H3,(H,15,16,17). The van der Waals surface area contributed by atoms with Gasteiger partial charge in [0, 0.05) is 17.0 Å². The van der Waals surface area contributed by atoms with Crippen molar-refractivity contribution >= 4 is 11.8 Å². The normalized spacial score (nSPS) is 10.2. The Bertz CT molecular complexity index is 617.